The minimum absolute atomic E-state index is 0.00799. The number of hydrogen-bond donors (Lipinski definition) is 1. The topological polar surface area (TPSA) is 66.0 Å². The van der Waals surface area contributed by atoms with Gasteiger partial charge in [-0.2, -0.15) is 0 Å². The molecule has 3 aromatic carbocycles. The van der Waals surface area contributed by atoms with E-state index in [-0.39, 0.29) is 12.7 Å². The molecular formula is C26H26BrNO5. The maximum Gasteiger partial charge on any atom is 0.231 e. The molecule has 0 spiro atoms. The monoisotopic (exact) mass is 511 g/mol. The van der Waals surface area contributed by atoms with E-state index in [1.165, 1.54) is 0 Å². The maximum absolute atomic E-state index is 12.4. The SMILES string of the molecule is COc1ccc(CCNC(=O)CCc2cc3c(cc2Br)OCO3)cc1OCc1ccccc1. The number of rotatable bonds is 10. The van der Waals surface area contributed by atoms with Crippen molar-refractivity contribution in [2.24, 2.45) is 0 Å². The van der Waals surface area contributed by atoms with Crippen molar-refractivity contribution >= 4 is 21.8 Å². The first-order valence-corrected chi connectivity index (χ1v) is 11.6. The van der Waals surface area contributed by atoms with Crippen LogP contribution < -0.4 is 24.3 Å². The molecule has 1 aliphatic rings. The fraction of sp³-hybridized carbons (Fsp3) is 0.269. The summed E-state index contributed by atoms with van der Waals surface area (Å²) in [6.07, 6.45) is 1.71. The van der Waals surface area contributed by atoms with Crippen molar-refractivity contribution in [1.29, 1.82) is 0 Å². The van der Waals surface area contributed by atoms with Crippen LogP contribution >= 0.6 is 15.9 Å². The summed E-state index contributed by atoms with van der Waals surface area (Å²) in [5.74, 6) is 2.83. The van der Waals surface area contributed by atoms with Crippen LogP contribution in [0.1, 0.15) is 23.1 Å². The normalized spacial score (nSPS) is 11.8. The predicted molar refractivity (Wildman–Crippen MR) is 129 cm³/mol. The van der Waals surface area contributed by atoms with Gasteiger partial charge < -0.3 is 24.3 Å². The number of hydrogen-bond acceptors (Lipinski definition) is 5. The van der Waals surface area contributed by atoms with E-state index in [1.807, 2.05) is 60.7 Å². The lowest BCUT2D eigenvalue weighted by Crippen LogP contribution is -2.25. The van der Waals surface area contributed by atoms with Gasteiger partial charge in [0, 0.05) is 17.4 Å². The van der Waals surface area contributed by atoms with E-state index in [4.69, 9.17) is 18.9 Å². The van der Waals surface area contributed by atoms with Gasteiger partial charge in [-0.1, -0.05) is 52.3 Å². The second-order valence-corrected chi connectivity index (χ2v) is 8.51. The van der Waals surface area contributed by atoms with Crippen molar-refractivity contribution in [2.45, 2.75) is 25.9 Å². The Morgan fingerprint density at radius 3 is 2.55 bits per heavy atom. The van der Waals surface area contributed by atoms with Gasteiger partial charge in [-0.05, 0) is 53.8 Å². The molecule has 3 aromatic rings. The van der Waals surface area contributed by atoms with Crippen molar-refractivity contribution < 1.29 is 23.7 Å². The fourth-order valence-corrected chi connectivity index (χ4v) is 4.08. The van der Waals surface area contributed by atoms with Crippen LogP contribution in [0.2, 0.25) is 0 Å². The molecular weight excluding hydrogens is 486 g/mol. The summed E-state index contributed by atoms with van der Waals surface area (Å²) in [5, 5.41) is 3.00. The van der Waals surface area contributed by atoms with Gasteiger partial charge in [0.2, 0.25) is 12.7 Å². The molecule has 0 aromatic heterocycles. The summed E-state index contributed by atoms with van der Waals surface area (Å²) in [4.78, 5) is 12.4. The van der Waals surface area contributed by atoms with Crippen LogP contribution in [-0.2, 0) is 24.2 Å². The van der Waals surface area contributed by atoms with E-state index in [0.717, 1.165) is 32.7 Å². The number of methoxy groups -OCH3 is 1. The third-order valence-corrected chi connectivity index (χ3v) is 6.10. The molecule has 0 saturated heterocycles. The summed E-state index contributed by atoms with van der Waals surface area (Å²) < 4.78 is 23.1. The Balaban J connectivity index is 1.26. The molecule has 0 atom stereocenters. The number of benzene rings is 3. The molecule has 0 radical (unpaired) electrons. The number of carbonyl (C=O) groups excluding carboxylic acids is 1. The highest BCUT2D eigenvalue weighted by Crippen LogP contribution is 2.37. The minimum Gasteiger partial charge on any atom is -0.493 e. The molecule has 1 aliphatic heterocycles. The van der Waals surface area contributed by atoms with E-state index in [2.05, 4.69) is 21.2 Å². The molecule has 1 amide bonds. The summed E-state index contributed by atoms with van der Waals surface area (Å²) in [6.45, 7) is 1.24. The Kier molecular flexibility index (Phi) is 7.73. The largest absolute Gasteiger partial charge is 0.493 e. The van der Waals surface area contributed by atoms with E-state index in [0.29, 0.717) is 43.9 Å². The van der Waals surface area contributed by atoms with Crippen LogP contribution in [0.3, 0.4) is 0 Å². The lowest BCUT2D eigenvalue weighted by Gasteiger charge is -2.13. The molecule has 0 fully saturated rings. The van der Waals surface area contributed by atoms with Gasteiger partial charge in [0.05, 0.1) is 7.11 Å². The molecule has 1 N–H and O–H groups in total. The van der Waals surface area contributed by atoms with E-state index < -0.39 is 0 Å². The Morgan fingerprint density at radius 2 is 1.76 bits per heavy atom. The molecule has 0 saturated carbocycles. The molecule has 33 heavy (non-hydrogen) atoms. The van der Waals surface area contributed by atoms with Gasteiger partial charge in [-0.25, -0.2) is 0 Å². The van der Waals surface area contributed by atoms with E-state index >= 15 is 0 Å². The number of carbonyl (C=O) groups is 1. The Bertz CT molecular complexity index is 1100. The van der Waals surface area contributed by atoms with Crippen molar-refractivity contribution in [1.82, 2.24) is 5.32 Å². The summed E-state index contributed by atoms with van der Waals surface area (Å²) in [7, 11) is 1.63. The highest BCUT2D eigenvalue weighted by Gasteiger charge is 2.16. The molecule has 4 rings (SSSR count). The molecule has 0 bridgehead atoms. The van der Waals surface area contributed by atoms with Gasteiger partial charge in [0.1, 0.15) is 6.61 Å². The first-order valence-electron chi connectivity index (χ1n) is 10.8. The number of amides is 1. The van der Waals surface area contributed by atoms with Crippen molar-refractivity contribution in [2.75, 3.05) is 20.4 Å². The highest BCUT2D eigenvalue weighted by atomic mass is 79.9. The molecule has 0 aliphatic carbocycles. The smallest absolute Gasteiger partial charge is 0.231 e. The number of aryl methyl sites for hydroxylation is 1. The third-order valence-electron chi connectivity index (χ3n) is 5.36. The second kappa shape index (κ2) is 11.1. The lowest BCUT2D eigenvalue weighted by atomic mass is 10.1. The van der Waals surface area contributed by atoms with Gasteiger partial charge in [-0.15, -0.1) is 0 Å². The zero-order valence-corrected chi connectivity index (χ0v) is 20.0. The quantitative estimate of drug-likeness (QED) is 0.412. The van der Waals surface area contributed by atoms with Gasteiger partial charge in [0.15, 0.2) is 23.0 Å². The summed E-state index contributed by atoms with van der Waals surface area (Å²) in [5.41, 5.74) is 3.17. The average Bonchev–Trinajstić information content (AvgIpc) is 3.29. The van der Waals surface area contributed by atoms with Crippen LogP contribution in [-0.4, -0.2) is 26.4 Å². The molecule has 7 heteroatoms. The third kappa shape index (κ3) is 6.20. The number of halogens is 1. The van der Waals surface area contributed by atoms with E-state index in [9.17, 15) is 4.79 Å². The summed E-state index contributed by atoms with van der Waals surface area (Å²) >= 11 is 3.54. The van der Waals surface area contributed by atoms with Crippen LogP contribution in [0.25, 0.3) is 0 Å². The van der Waals surface area contributed by atoms with Crippen molar-refractivity contribution in [3.63, 3.8) is 0 Å². The van der Waals surface area contributed by atoms with Crippen LogP contribution in [0.5, 0.6) is 23.0 Å². The maximum atomic E-state index is 12.4. The lowest BCUT2D eigenvalue weighted by molar-refractivity contribution is -0.121. The zero-order chi connectivity index (χ0) is 23.0. The van der Waals surface area contributed by atoms with Gasteiger partial charge >= 0.3 is 0 Å². The number of nitrogens with one attached hydrogen (secondary N) is 1. The minimum atomic E-state index is 0.00799. The predicted octanol–water partition coefficient (Wildman–Crippen LogP) is 5.06. The first-order chi connectivity index (χ1) is 16.1. The van der Waals surface area contributed by atoms with Gasteiger partial charge in [-0.3, -0.25) is 4.79 Å². The molecule has 1 heterocycles. The van der Waals surface area contributed by atoms with Crippen LogP contribution in [0.15, 0.2) is 65.1 Å². The molecule has 0 unspecified atom stereocenters. The first kappa shape index (κ1) is 23.0. The Hall–Kier alpha value is -3.19. The Labute approximate surface area is 201 Å². The number of ether oxygens (including phenoxy) is 4. The van der Waals surface area contributed by atoms with Crippen molar-refractivity contribution in [3.05, 3.63) is 81.8 Å². The molecule has 6 nitrogen and oxygen atoms in total. The second-order valence-electron chi connectivity index (χ2n) is 7.66. The molecule has 172 valence electrons. The average molecular weight is 512 g/mol. The fourth-order valence-electron chi connectivity index (χ4n) is 3.56. The standard InChI is InChI=1S/C26H26BrNO5/c1-30-22-9-7-18(13-23(22)31-16-19-5-3-2-4-6-19)11-12-28-26(29)10-8-20-14-24-25(15-21(20)27)33-17-32-24/h2-7,9,13-15H,8,10-12,16-17H2,1H3,(H,28,29). The highest BCUT2D eigenvalue weighted by molar-refractivity contribution is 9.10. The summed E-state index contributed by atoms with van der Waals surface area (Å²) in [6, 6.07) is 19.7. The van der Waals surface area contributed by atoms with Crippen LogP contribution in [0, 0.1) is 0 Å². The Morgan fingerprint density at radius 1 is 0.970 bits per heavy atom. The van der Waals surface area contributed by atoms with Gasteiger partial charge in [0.25, 0.3) is 0 Å². The van der Waals surface area contributed by atoms with Crippen molar-refractivity contribution in [3.8, 4) is 23.0 Å². The van der Waals surface area contributed by atoms with Crippen LogP contribution in [0.4, 0.5) is 0 Å². The number of fused-ring (bicyclic) bond motifs is 1. The van der Waals surface area contributed by atoms with E-state index in [1.54, 1.807) is 7.11 Å². The zero-order valence-electron chi connectivity index (χ0n) is 18.4.